The van der Waals surface area contributed by atoms with Crippen LogP contribution in [0.1, 0.15) is 30.7 Å². The Morgan fingerprint density at radius 1 is 1.16 bits per heavy atom. The van der Waals surface area contributed by atoms with Crippen LogP contribution in [0, 0.1) is 5.92 Å². The van der Waals surface area contributed by atoms with E-state index < -0.39 is 11.9 Å². The lowest BCUT2D eigenvalue weighted by molar-refractivity contribution is -0.142. The maximum atomic E-state index is 12.5. The van der Waals surface area contributed by atoms with Crippen molar-refractivity contribution < 1.29 is 19.4 Å². The van der Waals surface area contributed by atoms with E-state index in [1.165, 1.54) is 6.42 Å². The number of carboxylic acids is 1. The minimum absolute atomic E-state index is 0.115. The summed E-state index contributed by atoms with van der Waals surface area (Å²) in [7, 11) is 1.60. The van der Waals surface area contributed by atoms with E-state index in [1.807, 2.05) is 34.1 Å². The Labute approximate surface area is 148 Å². The largest absolute Gasteiger partial charge is 0.496 e. The second kappa shape index (κ2) is 7.87. The topological polar surface area (TPSA) is 70.1 Å². The van der Waals surface area contributed by atoms with Gasteiger partial charge in [0.25, 0.3) is 0 Å². The van der Waals surface area contributed by atoms with Crippen molar-refractivity contribution in [2.24, 2.45) is 5.92 Å². The Morgan fingerprint density at radius 2 is 1.88 bits per heavy atom. The average molecular weight is 346 g/mol. The third kappa shape index (κ3) is 3.95. The fourth-order valence-corrected chi connectivity index (χ4v) is 3.99. The van der Waals surface area contributed by atoms with E-state index in [2.05, 4.69) is 0 Å². The summed E-state index contributed by atoms with van der Waals surface area (Å²) in [4.78, 5) is 28.2. The van der Waals surface area contributed by atoms with Crippen molar-refractivity contribution in [3.8, 4) is 5.75 Å². The molecule has 1 aromatic carbocycles. The number of aliphatic carboxylic acids is 1. The predicted molar refractivity (Wildman–Crippen MR) is 93.7 cm³/mol. The summed E-state index contributed by atoms with van der Waals surface area (Å²) in [5, 5.41) is 9.65. The van der Waals surface area contributed by atoms with E-state index in [0.717, 1.165) is 31.5 Å². The maximum absolute atomic E-state index is 12.5. The molecule has 2 fully saturated rings. The smallest absolute Gasteiger partial charge is 0.308 e. The molecule has 136 valence electrons. The number of carboxylic acid groups (broad SMARTS) is 1. The molecule has 1 N–H and O–H groups in total. The molecule has 0 aromatic heterocycles. The van der Waals surface area contributed by atoms with E-state index in [0.29, 0.717) is 25.4 Å². The molecular weight excluding hydrogens is 320 g/mol. The highest BCUT2D eigenvalue weighted by Crippen LogP contribution is 2.37. The molecule has 25 heavy (non-hydrogen) atoms. The third-order valence-electron chi connectivity index (χ3n) is 5.32. The van der Waals surface area contributed by atoms with Crippen LogP contribution < -0.4 is 4.74 Å². The lowest BCUT2D eigenvalue weighted by Crippen LogP contribution is -2.42. The zero-order valence-electron chi connectivity index (χ0n) is 14.7. The first-order valence-corrected chi connectivity index (χ1v) is 8.96. The number of nitrogens with zero attached hydrogens (tertiary/aromatic N) is 2. The van der Waals surface area contributed by atoms with Crippen molar-refractivity contribution in [3.05, 3.63) is 29.8 Å². The molecule has 0 radical (unpaired) electrons. The number of carbonyl (C=O) groups is 2. The second-order valence-corrected chi connectivity index (χ2v) is 6.93. The van der Waals surface area contributed by atoms with E-state index in [-0.39, 0.29) is 11.8 Å². The van der Waals surface area contributed by atoms with Crippen molar-refractivity contribution in [3.63, 3.8) is 0 Å². The van der Waals surface area contributed by atoms with Gasteiger partial charge in [0.1, 0.15) is 5.75 Å². The molecular formula is C19H26N2O4. The predicted octanol–water partition coefficient (Wildman–Crippen LogP) is 1.81. The fraction of sp³-hybridized carbons (Fsp3) is 0.579. The van der Waals surface area contributed by atoms with E-state index >= 15 is 0 Å². The van der Waals surface area contributed by atoms with Gasteiger partial charge in [0.2, 0.25) is 5.91 Å². The second-order valence-electron chi connectivity index (χ2n) is 6.93. The molecule has 2 saturated heterocycles. The Kier molecular flexibility index (Phi) is 5.58. The number of rotatable bonds is 5. The zero-order valence-corrected chi connectivity index (χ0v) is 14.7. The summed E-state index contributed by atoms with van der Waals surface area (Å²) < 4.78 is 5.41. The van der Waals surface area contributed by atoms with E-state index in [9.17, 15) is 14.7 Å². The van der Waals surface area contributed by atoms with Gasteiger partial charge in [0, 0.05) is 32.1 Å². The number of amides is 1. The van der Waals surface area contributed by atoms with Crippen molar-refractivity contribution in [1.29, 1.82) is 0 Å². The molecule has 2 heterocycles. The molecule has 3 rings (SSSR count). The van der Waals surface area contributed by atoms with Crippen molar-refractivity contribution in [2.45, 2.75) is 25.2 Å². The highest BCUT2D eigenvalue weighted by Gasteiger charge is 2.40. The highest BCUT2D eigenvalue weighted by atomic mass is 16.5. The first-order valence-electron chi connectivity index (χ1n) is 8.96. The van der Waals surface area contributed by atoms with Crippen LogP contribution in [0.25, 0.3) is 0 Å². The number of hydrogen-bond donors (Lipinski definition) is 1. The number of ether oxygens (including phenoxy) is 1. The van der Waals surface area contributed by atoms with Gasteiger partial charge < -0.3 is 14.7 Å². The molecule has 6 nitrogen and oxygen atoms in total. The molecule has 1 aromatic rings. The SMILES string of the molecule is COc1ccccc1[C@@H]1CN(CC(=O)N2CCCCC2)C[C@H]1C(=O)O. The molecule has 2 aliphatic rings. The number of hydrogen-bond acceptors (Lipinski definition) is 4. The molecule has 2 atom stereocenters. The van der Waals surface area contributed by atoms with Crippen LogP contribution in [0.5, 0.6) is 5.75 Å². The minimum Gasteiger partial charge on any atom is -0.496 e. The van der Waals surface area contributed by atoms with E-state index in [4.69, 9.17) is 4.74 Å². The molecule has 0 unspecified atom stereocenters. The summed E-state index contributed by atoms with van der Waals surface area (Å²) in [6.45, 7) is 2.92. The van der Waals surface area contributed by atoms with Gasteiger partial charge in [-0.05, 0) is 30.9 Å². The van der Waals surface area contributed by atoms with Crippen molar-refractivity contribution in [1.82, 2.24) is 9.80 Å². The number of piperidine rings is 1. The number of methoxy groups -OCH3 is 1. The Balaban J connectivity index is 1.72. The van der Waals surface area contributed by atoms with Crippen LogP contribution in [0.15, 0.2) is 24.3 Å². The monoisotopic (exact) mass is 346 g/mol. The summed E-state index contributed by atoms with van der Waals surface area (Å²) in [5.41, 5.74) is 0.908. The minimum atomic E-state index is -0.816. The lowest BCUT2D eigenvalue weighted by Gasteiger charge is -2.28. The first-order chi connectivity index (χ1) is 12.1. The Bertz CT molecular complexity index is 628. The van der Waals surface area contributed by atoms with Gasteiger partial charge in [0.05, 0.1) is 19.6 Å². The summed E-state index contributed by atoms with van der Waals surface area (Å²) >= 11 is 0. The van der Waals surface area contributed by atoms with Crippen LogP contribution in [-0.4, -0.2) is 66.6 Å². The van der Waals surface area contributed by atoms with Gasteiger partial charge in [-0.15, -0.1) is 0 Å². The van der Waals surface area contributed by atoms with Crippen molar-refractivity contribution in [2.75, 3.05) is 39.8 Å². The third-order valence-corrected chi connectivity index (χ3v) is 5.32. The molecule has 0 aliphatic carbocycles. The standard InChI is InChI=1S/C19H26N2O4/c1-25-17-8-4-3-7-14(17)15-11-20(12-16(15)19(23)24)13-18(22)21-9-5-2-6-10-21/h3-4,7-8,15-16H,2,5-6,9-13H2,1H3,(H,23,24)/t15-,16+/m0/s1. The van der Waals surface area contributed by atoms with Crippen LogP contribution in [0.2, 0.25) is 0 Å². The summed E-state index contributed by atoms with van der Waals surface area (Å²) in [5.74, 6) is -0.676. The van der Waals surface area contributed by atoms with Gasteiger partial charge in [-0.25, -0.2) is 0 Å². The molecule has 0 saturated carbocycles. The molecule has 0 spiro atoms. The van der Waals surface area contributed by atoms with Crippen LogP contribution >= 0.6 is 0 Å². The maximum Gasteiger partial charge on any atom is 0.308 e. The average Bonchev–Trinajstić information content (AvgIpc) is 3.06. The fourth-order valence-electron chi connectivity index (χ4n) is 3.99. The van der Waals surface area contributed by atoms with Crippen LogP contribution in [-0.2, 0) is 9.59 Å². The lowest BCUT2D eigenvalue weighted by atomic mass is 9.88. The number of carbonyl (C=O) groups excluding carboxylic acids is 1. The van der Waals surface area contributed by atoms with Gasteiger partial charge in [0.15, 0.2) is 0 Å². The van der Waals surface area contributed by atoms with E-state index in [1.54, 1.807) is 7.11 Å². The Hall–Kier alpha value is -2.08. The number of likely N-dealkylation sites (tertiary alicyclic amines) is 2. The van der Waals surface area contributed by atoms with Gasteiger partial charge >= 0.3 is 5.97 Å². The number of benzene rings is 1. The zero-order chi connectivity index (χ0) is 17.8. The van der Waals surface area contributed by atoms with Gasteiger partial charge in [-0.2, -0.15) is 0 Å². The quantitative estimate of drug-likeness (QED) is 0.880. The normalized spacial score (nSPS) is 24.3. The van der Waals surface area contributed by atoms with Gasteiger partial charge in [-0.1, -0.05) is 18.2 Å². The first kappa shape index (κ1) is 17.7. The molecule has 6 heteroatoms. The summed E-state index contributed by atoms with van der Waals surface area (Å²) in [6, 6.07) is 7.56. The number of para-hydroxylation sites is 1. The molecule has 2 aliphatic heterocycles. The van der Waals surface area contributed by atoms with Crippen molar-refractivity contribution >= 4 is 11.9 Å². The van der Waals surface area contributed by atoms with Crippen LogP contribution in [0.4, 0.5) is 0 Å². The van der Waals surface area contributed by atoms with Gasteiger partial charge in [-0.3, -0.25) is 14.5 Å². The summed E-state index contributed by atoms with van der Waals surface area (Å²) in [6.07, 6.45) is 3.31. The Morgan fingerprint density at radius 3 is 2.56 bits per heavy atom. The molecule has 0 bridgehead atoms. The highest BCUT2D eigenvalue weighted by molar-refractivity contribution is 5.79. The molecule has 1 amide bonds. The van der Waals surface area contributed by atoms with Crippen LogP contribution in [0.3, 0.4) is 0 Å².